The van der Waals surface area contributed by atoms with Crippen molar-refractivity contribution in [1.82, 2.24) is 0 Å². The van der Waals surface area contributed by atoms with Crippen LogP contribution in [0.15, 0.2) is 18.2 Å². The Morgan fingerprint density at radius 1 is 1.54 bits per heavy atom. The summed E-state index contributed by atoms with van der Waals surface area (Å²) in [5.41, 5.74) is 1.12. The number of halogens is 1. The molecule has 2 nitrogen and oxygen atoms in total. The number of carbonyl (C=O) groups is 1. The van der Waals surface area contributed by atoms with Gasteiger partial charge in [0.25, 0.3) is 0 Å². The van der Waals surface area contributed by atoms with E-state index in [0.29, 0.717) is 6.42 Å². The summed E-state index contributed by atoms with van der Waals surface area (Å²) in [6.07, 6.45) is 2.24. The minimum absolute atomic E-state index is 0.552. The molecule has 0 aliphatic rings. The zero-order chi connectivity index (χ0) is 9.68. The second kappa shape index (κ2) is 5.21. The Morgan fingerprint density at radius 3 is 2.92 bits per heavy atom. The number of rotatable bonds is 4. The van der Waals surface area contributed by atoms with Crippen molar-refractivity contribution >= 4 is 28.9 Å². The van der Waals surface area contributed by atoms with Gasteiger partial charge >= 0.3 is 0 Å². The molecule has 0 bridgehead atoms. The van der Waals surface area contributed by atoms with E-state index in [1.165, 1.54) is 0 Å². The van der Waals surface area contributed by atoms with E-state index in [-0.39, 0.29) is 0 Å². The predicted molar refractivity (Wildman–Crippen MR) is 60.1 cm³/mol. The summed E-state index contributed by atoms with van der Waals surface area (Å²) in [4.78, 5) is 10.2. The first-order chi connectivity index (χ1) is 6.29. The van der Waals surface area contributed by atoms with Gasteiger partial charge < -0.3 is 9.53 Å². The van der Waals surface area contributed by atoms with Crippen molar-refractivity contribution in [3.05, 3.63) is 27.3 Å². The minimum Gasteiger partial charge on any atom is -0.496 e. The maximum absolute atomic E-state index is 10.2. The predicted octanol–water partition coefficient (Wildman–Crippen LogP) is 2.43. The van der Waals surface area contributed by atoms with E-state index in [9.17, 15) is 4.79 Å². The van der Waals surface area contributed by atoms with Crippen molar-refractivity contribution in [2.45, 2.75) is 12.8 Å². The first-order valence-electron chi connectivity index (χ1n) is 4.04. The summed E-state index contributed by atoms with van der Waals surface area (Å²) in [5, 5.41) is 0. The third-order valence-electron chi connectivity index (χ3n) is 1.81. The normalized spacial score (nSPS) is 9.69. The second-order valence-electron chi connectivity index (χ2n) is 2.63. The highest BCUT2D eigenvalue weighted by Gasteiger charge is 2.05. The van der Waals surface area contributed by atoms with E-state index in [4.69, 9.17) is 4.74 Å². The Balaban J connectivity index is 2.93. The molecule has 0 unspecified atom stereocenters. The molecule has 0 heterocycles. The van der Waals surface area contributed by atoms with Crippen molar-refractivity contribution in [2.24, 2.45) is 0 Å². The van der Waals surface area contributed by atoms with E-state index >= 15 is 0 Å². The van der Waals surface area contributed by atoms with Crippen LogP contribution in [0.2, 0.25) is 0 Å². The number of carbonyl (C=O) groups excluding carboxylic acids is 1. The van der Waals surface area contributed by atoms with Gasteiger partial charge in [0.1, 0.15) is 12.0 Å². The van der Waals surface area contributed by atoms with Crippen molar-refractivity contribution in [2.75, 3.05) is 7.11 Å². The molecular weight excluding hydrogens is 279 g/mol. The van der Waals surface area contributed by atoms with Crippen LogP contribution in [-0.4, -0.2) is 13.4 Å². The summed E-state index contributed by atoms with van der Waals surface area (Å²) in [6.45, 7) is 0. The first-order valence-corrected chi connectivity index (χ1v) is 5.12. The van der Waals surface area contributed by atoms with Crippen molar-refractivity contribution in [3.63, 3.8) is 0 Å². The molecule has 1 aromatic carbocycles. The number of hydrogen-bond acceptors (Lipinski definition) is 2. The van der Waals surface area contributed by atoms with Crippen LogP contribution in [-0.2, 0) is 11.2 Å². The van der Waals surface area contributed by atoms with Crippen LogP contribution in [0.5, 0.6) is 5.75 Å². The number of hydrogen-bond donors (Lipinski definition) is 0. The maximum atomic E-state index is 10.2. The Morgan fingerprint density at radius 2 is 2.31 bits per heavy atom. The van der Waals surface area contributed by atoms with Gasteiger partial charge in [-0.05, 0) is 41.1 Å². The summed E-state index contributed by atoms with van der Waals surface area (Å²) in [7, 11) is 1.65. The molecule has 0 N–H and O–H groups in total. The van der Waals surface area contributed by atoms with E-state index in [2.05, 4.69) is 22.6 Å². The third kappa shape index (κ3) is 2.69. The van der Waals surface area contributed by atoms with Gasteiger partial charge in [0.15, 0.2) is 0 Å². The molecular formula is C10H11IO2. The third-order valence-corrected chi connectivity index (χ3v) is 2.82. The standard InChI is InChI=1S/C10H11IO2/c1-13-10-6-2-5-9(11)8(10)4-3-7-12/h2,5-7H,3-4H2,1H3. The van der Waals surface area contributed by atoms with Crippen LogP contribution in [0.4, 0.5) is 0 Å². The fourth-order valence-corrected chi connectivity index (χ4v) is 1.92. The topological polar surface area (TPSA) is 26.3 Å². The Hall–Kier alpha value is -0.580. The van der Waals surface area contributed by atoms with Crippen molar-refractivity contribution in [3.8, 4) is 5.75 Å². The highest BCUT2D eigenvalue weighted by Crippen LogP contribution is 2.24. The van der Waals surface area contributed by atoms with Gasteiger partial charge in [-0.3, -0.25) is 0 Å². The van der Waals surface area contributed by atoms with Gasteiger partial charge in [-0.1, -0.05) is 6.07 Å². The van der Waals surface area contributed by atoms with E-state index < -0.39 is 0 Å². The van der Waals surface area contributed by atoms with Crippen molar-refractivity contribution < 1.29 is 9.53 Å². The van der Waals surface area contributed by atoms with Gasteiger partial charge in [-0.25, -0.2) is 0 Å². The molecule has 0 amide bonds. The lowest BCUT2D eigenvalue weighted by Gasteiger charge is -2.08. The minimum atomic E-state index is 0.552. The van der Waals surface area contributed by atoms with Crippen LogP contribution < -0.4 is 4.74 Å². The average Bonchev–Trinajstić information content (AvgIpc) is 2.15. The molecule has 1 rings (SSSR count). The summed E-state index contributed by atoms with van der Waals surface area (Å²) < 4.78 is 6.35. The molecule has 0 fully saturated rings. The van der Waals surface area contributed by atoms with Crippen LogP contribution in [0.3, 0.4) is 0 Å². The van der Waals surface area contributed by atoms with E-state index in [1.54, 1.807) is 7.11 Å². The highest BCUT2D eigenvalue weighted by molar-refractivity contribution is 14.1. The number of ether oxygens (including phenoxy) is 1. The summed E-state index contributed by atoms with van der Waals surface area (Å²) in [5.74, 6) is 0.869. The lowest BCUT2D eigenvalue weighted by molar-refractivity contribution is -0.107. The average molecular weight is 290 g/mol. The van der Waals surface area contributed by atoms with Gasteiger partial charge in [0.05, 0.1) is 7.11 Å². The molecule has 3 heteroatoms. The molecule has 0 saturated heterocycles. The van der Waals surface area contributed by atoms with Crippen LogP contribution >= 0.6 is 22.6 Å². The SMILES string of the molecule is COc1cccc(I)c1CCC=O. The van der Waals surface area contributed by atoms with E-state index in [0.717, 1.165) is 27.6 Å². The Bertz CT molecular complexity index is 297. The molecule has 0 spiro atoms. The zero-order valence-electron chi connectivity index (χ0n) is 7.42. The quantitative estimate of drug-likeness (QED) is 0.629. The molecule has 70 valence electrons. The number of methoxy groups -OCH3 is 1. The summed E-state index contributed by atoms with van der Waals surface area (Å²) in [6, 6.07) is 5.89. The number of aldehydes is 1. The molecule has 0 aromatic heterocycles. The lowest BCUT2D eigenvalue weighted by atomic mass is 10.1. The second-order valence-corrected chi connectivity index (χ2v) is 3.79. The van der Waals surface area contributed by atoms with Gasteiger partial charge in [0, 0.05) is 15.6 Å². The van der Waals surface area contributed by atoms with E-state index in [1.807, 2.05) is 18.2 Å². The number of benzene rings is 1. The fourth-order valence-electron chi connectivity index (χ4n) is 1.18. The first kappa shape index (κ1) is 10.5. The Kier molecular flexibility index (Phi) is 4.21. The molecule has 0 saturated carbocycles. The molecule has 0 radical (unpaired) electrons. The lowest BCUT2D eigenvalue weighted by Crippen LogP contribution is -1.95. The smallest absolute Gasteiger partial charge is 0.123 e. The molecule has 0 aliphatic heterocycles. The largest absolute Gasteiger partial charge is 0.496 e. The van der Waals surface area contributed by atoms with Crippen LogP contribution in [0, 0.1) is 3.57 Å². The Labute approximate surface area is 91.4 Å². The van der Waals surface area contributed by atoms with Gasteiger partial charge in [-0.15, -0.1) is 0 Å². The van der Waals surface area contributed by atoms with Crippen molar-refractivity contribution in [1.29, 1.82) is 0 Å². The molecule has 13 heavy (non-hydrogen) atoms. The van der Waals surface area contributed by atoms with Crippen LogP contribution in [0.1, 0.15) is 12.0 Å². The molecule has 0 atom stereocenters. The van der Waals surface area contributed by atoms with Crippen LogP contribution in [0.25, 0.3) is 0 Å². The van der Waals surface area contributed by atoms with Gasteiger partial charge in [0.2, 0.25) is 0 Å². The highest BCUT2D eigenvalue weighted by atomic mass is 127. The maximum Gasteiger partial charge on any atom is 0.123 e. The molecule has 0 aliphatic carbocycles. The fraction of sp³-hybridized carbons (Fsp3) is 0.300. The van der Waals surface area contributed by atoms with Gasteiger partial charge in [-0.2, -0.15) is 0 Å². The zero-order valence-corrected chi connectivity index (χ0v) is 9.58. The summed E-state index contributed by atoms with van der Waals surface area (Å²) >= 11 is 2.25. The molecule has 1 aromatic rings. The monoisotopic (exact) mass is 290 g/mol.